The van der Waals surface area contributed by atoms with Gasteiger partial charge in [0, 0.05) is 19.4 Å². The molecule has 0 rings (SSSR count). The molecule has 0 aromatic rings. The van der Waals surface area contributed by atoms with Crippen LogP contribution in [0.1, 0.15) is 252 Å². The van der Waals surface area contributed by atoms with Gasteiger partial charge in [-0.05, 0) is 83.7 Å². The molecule has 0 fully saturated rings. The molecule has 0 heterocycles. The van der Waals surface area contributed by atoms with Crippen LogP contribution in [0.4, 0.5) is 0 Å². The van der Waals surface area contributed by atoms with Crippen molar-refractivity contribution in [1.82, 2.24) is 4.90 Å². The maximum atomic E-state index is 12.8. The van der Waals surface area contributed by atoms with Crippen LogP contribution in [0.3, 0.4) is 0 Å². The molecule has 1 unspecified atom stereocenters. The number of carbonyl (C=O) groups excluding carboxylic acids is 2. The topological polar surface area (TPSA) is 76.1 Å². The fourth-order valence-electron chi connectivity index (χ4n) is 7.51. The van der Waals surface area contributed by atoms with Gasteiger partial charge < -0.3 is 19.5 Å². The summed E-state index contributed by atoms with van der Waals surface area (Å²) in [4.78, 5) is 27.8. The van der Waals surface area contributed by atoms with Crippen molar-refractivity contribution in [2.24, 2.45) is 0 Å². The minimum atomic E-state index is -0.0459. The summed E-state index contributed by atoms with van der Waals surface area (Å²) in [5, 5.41) is 9.63. The van der Waals surface area contributed by atoms with Gasteiger partial charge >= 0.3 is 11.9 Å². The zero-order chi connectivity index (χ0) is 38.9. The zero-order valence-electron chi connectivity index (χ0n) is 36.3. The van der Waals surface area contributed by atoms with E-state index in [0.29, 0.717) is 19.4 Å². The van der Waals surface area contributed by atoms with Gasteiger partial charge in [0.15, 0.2) is 0 Å². The highest BCUT2D eigenvalue weighted by atomic mass is 16.5. The van der Waals surface area contributed by atoms with E-state index in [2.05, 4.69) is 32.6 Å². The lowest BCUT2D eigenvalue weighted by molar-refractivity contribution is -0.151. The molecule has 0 radical (unpaired) electrons. The quantitative estimate of drug-likeness (QED) is 0.0494. The van der Waals surface area contributed by atoms with Crippen molar-refractivity contribution in [3.8, 4) is 0 Å². The van der Waals surface area contributed by atoms with Crippen molar-refractivity contribution in [2.45, 2.75) is 265 Å². The highest BCUT2D eigenvalue weighted by Gasteiger charge is 2.16. The van der Waals surface area contributed by atoms with Crippen LogP contribution >= 0.6 is 0 Å². The van der Waals surface area contributed by atoms with Gasteiger partial charge in [-0.25, -0.2) is 0 Å². The van der Waals surface area contributed by atoms with Gasteiger partial charge in [-0.3, -0.25) is 9.59 Å². The second-order valence-corrected chi connectivity index (χ2v) is 16.3. The third-order valence-electron chi connectivity index (χ3n) is 11.0. The average Bonchev–Trinajstić information content (AvgIpc) is 3.15. The molecule has 0 aromatic carbocycles. The molecule has 1 atom stereocenters. The van der Waals surface area contributed by atoms with E-state index in [4.69, 9.17) is 9.47 Å². The van der Waals surface area contributed by atoms with E-state index in [9.17, 15) is 14.7 Å². The predicted octanol–water partition coefficient (Wildman–Crippen LogP) is 13.8. The van der Waals surface area contributed by atoms with Gasteiger partial charge in [0.25, 0.3) is 0 Å². The monoisotopic (exact) mass is 752 g/mol. The largest absolute Gasteiger partial charge is 0.462 e. The molecular weight excluding hydrogens is 659 g/mol. The number of esters is 2. The minimum absolute atomic E-state index is 0.00999. The maximum Gasteiger partial charge on any atom is 0.306 e. The highest BCUT2D eigenvalue weighted by Crippen LogP contribution is 2.20. The van der Waals surface area contributed by atoms with Crippen molar-refractivity contribution in [3.05, 3.63) is 0 Å². The summed E-state index contributed by atoms with van der Waals surface area (Å²) in [5.74, 6) is -0.0359. The first kappa shape index (κ1) is 51.9. The van der Waals surface area contributed by atoms with Crippen molar-refractivity contribution in [2.75, 3.05) is 26.2 Å². The van der Waals surface area contributed by atoms with Crippen molar-refractivity contribution >= 4 is 11.9 Å². The number of rotatable bonds is 43. The van der Waals surface area contributed by atoms with Crippen LogP contribution in [0.2, 0.25) is 0 Å². The number of aliphatic hydroxyl groups is 1. The number of hydrogen-bond donors (Lipinski definition) is 1. The van der Waals surface area contributed by atoms with Gasteiger partial charge in [-0.2, -0.15) is 0 Å². The van der Waals surface area contributed by atoms with E-state index in [0.717, 1.165) is 90.1 Å². The first-order chi connectivity index (χ1) is 26.0. The van der Waals surface area contributed by atoms with Gasteiger partial charge in [0.05, 0.1) is 6.61 Å². The summed E-state index contributed by atoms with van der Waals surface area (Å²) in [6.45, 7) is 11.6. The Balaban J connectivity index is 4.29. The summed E-state index contributed by atoms with van der Waals surface area (Å²) in [5.41, 5.74) is 0. The van der Waals surface area contributed by atoms with E-state index >= 15 is 0 Å². The number of aliphatic hydroxyl groups excluding tert-OH is 1. The molecule has 1 N–H and O–H groups in total. The molecule has 0 amide bonds. The second-order valence-electron chi connectivity index (χ2n) is 16.3. The summed E-state index contributed by atoms with van der Waals surface area (Å²) < 4.78 is 12.0. The number of carbonyl (C=O) groups is 2. The predicted molar refractivity (Wildman–Crippen MR) is 228 cm³/mol. The Bertz CT molecular complexity index is 745. The van der Waals surface area contributed by atoms with Crippen LogP contribution in [-0.4, -0.2) is 60.4 Å². The SMILES string of the molecule is CCCCCCCCC(CCCCCCCC)OC(=O)CCCCCCCCN(CCO)CCCC(=O)OC(CCCCCC)CCCCCCCC. The molecule has 0 aliphatic rings. The summed E-state index contributed by atoms with van der Waals surface area (Å²) >= 11 is 0. The number of ether oxygens (including phenoxy) is 2. The summed E-state index contributed by atoms with van der Waals surface area (Å²) in [7, 11) is 0. The minimum Gasteiger partial charge on any atom is -0.462 e. The highest BCUT2D eigenvalue weighted by molar-refractivity contribution is 5.69. The first-order valence-corrected chi connectivity index (χ1v) is 23.7. The third kappa shape index (κ3) is 37.6. The Kier molecular flexibility index (Phi) is 41.1. The van der Waals surface area contributed by atoms with Crippen LogP contribution < -0.4 is 0 Å². The van der Waals surface area contributed by atoms with E-state index in [-0.39, 0.29) is 30.8 Å². The van der Waals surface area contributed by atoms with Crippen molar-refractivity contribution < 1.29 is 24.2 Å². The van der Waals surface area contributed by atoms with E-state index in [1.807, 2.05) is 0 Å². The van der Waals surface area contributed by atoms with Crippen LogP contribution in [-0.2, 0) is 19.1 Å². The molecule has 0 bridgehead atoms. The van der Waals surface area contributed by atoms with Gasteiger partial charge in [-0.15, -0.1) is 0 Å². The summed E-state index contributed by atoms with van der Waals surface area (Å²) in [6.07, 6.45) is 40.5. The molecule has 0 saturated heterocycles. The van der Waals surface area contributed by atoms with Crippen LogP contribution in [0.25, 0.3) is 0 Å². The molecule has 0 spiro atoms. The van der Waals surface area contributed by atoms with Crippen molar-refractivity contribution in [1.29, 1.82) is 0 Å². The molecule has 0 aromatic heterocycles. The van der Waals surface area contributed by atoms with Crippen LogP contribution in [0.15, 0.2) is 0 Å². The van der Waals surface area contributed by atoms with Crippen LogP contribution in [0, 0.1) is 0 Å². The molecule has 0 aliphatic heterocycles. The fraction of sp³-hybridized carbons (Fsp3) is 0.957. The first-order valence-electron chi connectivity index (χ1n) is 23.7. The number of unbranched alkanes of at least 4 members (excludes halogenated alkanes) is 23. The Hall–Kier alpha value is -1.14. The summed E-state index contributed by atoms with van der Waals surface area (Å²) in [6, 6.07) is 0. The molecule has 0 saturated carbocycles. The third-order valence-corrected chi connectivity index (χ3v) is 11.0. The van der Waals surface area contributed by atoms with E-state index in [1.165, 1.54) is 135 Å². The zero-order valence-corrected chi connectivity index (χ0v) is 36.3. The second kappa shape index (κ2) is 42.0. The lowest BCUT2D eigenvalue weighted by Crippen LogP contribution is -2.29. The number of nitrogens with zero attached hydrogens (tertiary/aromatic N) is 1. The molecule has 6 nitrogen and oxygen atoms in total. The van der Waals surface area contributed by atoms with Gasteiger partial charge in [-0.1, -0.05) is 169 Å². The van der Waals surface area contributed by atoms with Gasteiger partial charge in [0.1, 0.15) is 12.2 Å². The normalized spacial score (nSPS) is 12.2. The molecular formula is C47H93NO5. The lowest BCUT2D eigenvalue weighted by atomic mass is 10.0. The lowest BCUT2D eigenvalue weighted by Gasteiger charge is -2.22. The Labute approximate surface area is 331 Å². The maximum absolute atomic E-state index is 12.8. The Morgan fingerprint density at radius 3 is 1.09 bits per heavy atom. The molecule has 53 heavy (non-hydrogen) atoms. The smallest absolute Gasteiger partial charge is 0.306 e. The average molecular weight is 752 g/mol. The standard InChI is InChI=1S/C47H93NO5/c1-5-9-13-17-22-28-35-44(34-27-16-12-8-4)53-47(51)39-33-41-48(42-43-49)40-32-26-21-20-25-31-38-46(50)52-45(36-29-23-18-14-10-6-2)37-30-24-19-15-11-7-3/h44-45,49H,5-43H2,1-4H3. The molecule has 316 valence electrons. The van der Waals surface area contributed by atoms with E-state index in [1.54, 1.807) is 0 Å². The molecule has 0 aliphatic carbocycles. The van der Waals surface area contributed by atoms with E-state index < -0.39 is 0 Å². The Morgan fingerprint density at radius 1 is 0.396 bits per heavy atom. The fourth-order valence-corrected chi connectivity index (χ4v) is 7.51. The van der Waals surface area contributed by atoms with Gasteiger partial charge in [0.2, 0.25) is 0 Å². The van der Waals surface area contributed by atoms with Crippen molar-refractivity contribution in [3.63, 3.8) is 0 Å². The number of hydrogen-bond acceptors (Lipinski definition) is 6. The Morgan fingerprint density at radius 2 is 0.698 bits per heavy atom. The van der Waals surface area contributed by atoms with Crippen LogP contribution in [0.5, 0.6) is 0 Å². The molecule has 6 heteroatoms.